The molecular weight excluding hydrogens is 182 g/mol. The van der Waals surface area contributed by atoms with Crippen molar-refractivity contribution < 1.29 is 14.7 Å². The van der Waals surface area contributed by atoms with Crippen LogP contribution in [0.1, 0.15) is 40.5 Å². The lowest BCUT2D eigenvalue weighted by molar-refractivity contribution is -0.273. The van der Waals surface area contributed by atoms with Crippen molar-refractivity contribution >= 4 is 5.97 Å². The summed E-state index contributed by atoms with van der Waals surface area (Å²) in [6, 6.07) is 0. The number of nitrogens with zero attached hydrogens (tertiary/aromatic N) is 1. The van der Waals surface area contributed by atoms with Crippen molar-refractivity contribution in [1.29, 1.82) is 0 Å². The van der Waals surface area contributed by atoms with Crippen LogP contribution in [0.5, 0.6) is 0 Å². The van der Waals surface area contributed by atoms with Crippen LogP contribution in [0.25, 0.3) is 0 Å². The van der Waals surface area contributed by atoms with Crippen molar-refractivity contribution in [2.24, 2.45) is 0 Å². The molecule has 1 rings (SSSR count). The largest absolute Gasteiger partial charge is 0.462 e. The van der Waals surface area contributed by atoms with Gasteiger partial charge < -0.3 is 9.94 Å². The zero-order chi connectivity index (χ0) is 11.0. The minimum absolute atomic E-state index is 0.253. The van der Waals surface area contributed by atoms with Crippen LogP contribution in [0.4, 0.5) is 0 Å². The number of hydrogen-bond acceptors (Lipinski definition) is 3. The van der Waals surface area contributed by atoms with Crippen molar-refractivity contribution in [3.05, 3.63) is 0 Å². The third-order valence-corrected chi connectivity index (χ3v) is 3.14. The number of carbonyl (C=O) groups is 1. The predicted molar refractivity (Wildman–Crippen MR) is 53.8 cm³/mol. The highest BCUT2D eigenvalue weighted by Gasteiger charge is 2.56. The van der Waals surface area contributed by atoms with Crippen LogP contribution < -0.4 is 0 Å². The van der Waals surface area contributed by atoms with Gasteiger partial charge in [-0.2, -0.15) is 0 Å². The summed E-state index contributed by atoms with van der Waals surface area (Å²) in [6.07, 6.45) is 1.24. The van der Waals surface area contributed by atoms with Crippen LogP contribution in [0.2, 0.25) is 0 Å². The highest BCUT2D eigenvalue weighted by molar-refractivity contribution is 5.81. The van der Waals surface area contributed by atoms with E-state index in [2.05, 4.69) is 0 Å². The Labute approximate surface area is 84.8 Å². The van der Waals surface area contributed by atoms with Crippen LogP contribution in [0.3, 0.4) is 0 Å². The molecule has 1 aliphatic heterocycles. The molecule has 4 nitrogen and oxygen atoms in total. The molecule has 0 aromatic heterocycles. The third kappa shape index (κ3) is 1.42. The Balaban J connectivity index is 3.05. The minimum atomic E-state index is -0.748. The van der Waals surface area contributed by atoms with E-state index in [0.29, 0.717) is 19.4 Å². The number of hydroxylamine groups is 2. The standard InChI is InChI=1S/C10H19NO3/c1-5-10(6-2)8(12)14-7-9(3,4)11(10)13/h13H,5-7H2,1-4H3/p+1. The minimum Gasteiger partial charge on any atom is -0.462 e. The molecule has 14 heavy (non-hydrogen) atoms. The summed E-state index contributed by atoms with van der Waals surface area (Å²) in [5, 5.41) is 9.47. The zero-order valence-electron chi connectivity index (χ0n) is 9.39. The number of ether oxygens (including phenoxy) is 1. The van der Waals surface area contributed by atoms with Crippen molar-refractivity contribution in [2.45, 2.75) is 51.6 Å². The fraction of sp³-hybridized carbons (Fsp3) is 0.900. The molecule has 1 aliphatic rings. The van der Waals surface area contributed by atoms with Gasteiger partial charge in [0.2, 0.25) is 0 Å². The molecule has 0 bridgehead atoms. The normalized spacial score (nSPS) is 25.9. The average molecular weight is 202 g/mol. The second-order valence-electron chi connectivity index (χ2n) is 4.46. The van der Waals surface area contributed by atoms with Crippen LogP contribution in [0, 0.1) is 0 Å². The zero-order valence-corrected chi connectivity index (χ0v) is 9.39. The number of esters is 1. The maximum Gasteiger partial charge on any atom is 0.333 e. The molecule has 1 heterocycles. The summed E-state index contributed by atoms with van der Waals surface area (Å²) in [6.45, 7) is 8.00. The summed E-state index contributed by atoms with van der Waals surface area (Å²) in [4.78, 5) is 11.7. The first kappa shape index (κ1) is 11.5. The Morgan fingerprint density at radius 3 is 2.29 bits per heavy atom. The maximum absolute atomic E-state index is 11.7. The molecule has 0 amide bonds. The van der Waals surface area contributed by atoms with Crippen molar-refractivity contribution in [1.82, 2.24) is 5.06 Å². The maximum atomic E-state index is 11.7. The molecule has 2 N–H and O–H groups in total. The average Bonchev–Trinajstić information content (AvgIpc) is 2.16. The first-order chi connectivity index (χ1) is 6.40. The van der Waals surface area contributed by atoms with E-state index in [1.165, 1.54) is 5.06 Å². The van der Waals surface area contributed by atoms with Gasteiger partial charge in [0.1, 0.15) is 12.1 Å². The van der Waals surface area contributed by atoms with Crippen molar-refractivity contribution in [3.63, 3.8) is 0 Å². The van der Waals surface area contributed by atoms with Gasteiger partial charge in [-0.3, -0.25) is 0 Å². The van der Waals surface area contributed by atoms with Gasteiger partial charge in [0.05, 0.1) is 0 Å². The van der Waals surface area contributed by atoms with Crippen LogP contribution in [-0.2, 0) is 9.53 Å². The van der Waals surface area contributed by atoms with E-state index in [0.717, 1.165) is 0 Å². The molecule has 0 aromatic carbocycles. The van der Waals surface area contributed by atoms with Gasteiger partial charge in [-0.25, -0.2) is 4.79 Å². The van der Waals surface area contributed by atoms with E-state index in [1.54, 1.807) is 0 Å². The lowest BCUT2D eigenvalue weighted by atomic mass is 9.86. The lowest BCUT2D eigenvalue weighted by Gasteiger charge is -2.45. The van der Waals surface area contributed by atoms with E-state index >= 15 is 0 Å². The molecular formula is C10H20NO3+. The molecule has 0 aliphatic carbocycles. The predicted octanol–water partition coefficient (Wildman–Crippen LogP) is 0.822. The quantitative estimate of drug-likeness (QED) is 0.492. The molecule has 0 radical (unpaired) electrons. The van der Waals surface area contributed by atoms with Gasteiger partial charge in [0.15, 0.2) is 5.54 Å². The summed E-state index contributed by atoms with van der Waals surface area (Å²) in [5.41, 5.74) is -1.14. The first-order valence-corrected chi connectivity index (χ1v) is 5.09. The number of cyclic esters (lactones) is 1. The Morgan fingerprint density at radius 2 is 1.93 bits per heavy atom. The molecule has 0 saturated carbocycles. The number of rotatable bonds is 2. The molecule has 1 saturated heterocycles. The Morgan fingerprint density at radius 1 is 1.43 bits per heavy atom. The molecule has 0 atom stereocenters. The first-order valence-electron chi connectivity index (χ1n) is 5.09. The topological polar surface area (TPSA) is 52.4 Å². The molecule has 82 valence electrons. The molecule has 0 unspecified atom stereocenters. The van der Waals surface area contributed by atoms with E-state index in [9.17, 15) is 4.79 Å². The third-order valence-electron chi connectivity index (χ3n) is 3.14. The monoisotopic (exact) mass is 202 g/mol. The van der Waals surface area contributed by atoms with Crippen molar-refractivity contribution in [2.75, 3.05) is 6.61 Å². The number of carbonyl (C=O) groups excluding carboxylic acids is 1. The molecule has 0 spiro atoms. The van der Waals surface area contributed by atoms with Gasteiger partial charge in [-0.1, -0.05) is 18.9 Å². The molecule has 4 heteroatoms. The molecule has 0 aromatic rings. The van der Waals surface area contributed by atoms with Crippen LogP contribution in [-0.4, -0.2) is 33.9 Å². The van der Waals surface area contributed by atoms with Crippen molar-refractivity contribution in [3.8, 4) is 0 Å². The molecule has 1 fully saturated rings. The van der Waals surface area contributed by atoms with Crippen LogP contribution in [0.15, 0.2) is 0 Å². The highest BCUT2D eigenvalue weighted by Crippen LogP contribution is 2.34. The summed E-state index contributed by atoms with van der Waals surface area (Å²) in [7, 11) is 0. The van der Waals surface area contributed by atoms with Gasteiger partial charge >= 0.3 is 5.97 Å². The van der Waals surface area contributed by atoms with Gasteiger partial charge in [-0.15, -0.1) is 0 Å². The second kappa shape index (κ2) is 3.51. The van der Waals surface area contributed by atoms with E-state index in [4.69, 9.17) is 9.94 Å². The fourth-order valence-electron chi connectivity index (χ4n) is 1.97. The fourth-order valence-corrected chi connectivity index (χ4v) is 1.97. The second-order valence-corrected chi connectivity index (χ2v) is 4.46. The Kier molecular flexibility index (Phi) is 2.88. The summed E-state index contributed by atoms with van der Waals surface area (Å²) < 4.78 is 5.16. The summed E-state index contributed by atoms with van der Waals surface area (Å²) in [5.74, 6) is -0.253. The highest BCUT2D eigenvalue weighted by atomic mass is 16.6. The van der Waals surface area contributed by atoms with Gasteiger partial charge in [-0.05, 0) is 26.7 Å². The van der Waals surface area contributed by atoms with E-state index in [1.807, 2.05) is 27.7 Å². The number of morpholine rings is 1. The Bertz CT molecular complexity index is 234. The smallest absolute Gasteiger partial charge is 0.333 e. The Hall–Kier alpha value is -0.610. The lowest BCUT2D eigenvalue weighted by Crippen LogP contribution is -2.66. The number of hydrogen-bond donors (Lipinski definition) is 0. The van der Waals surface area contributed by atoms with E-state index in [-0.39, 0.29) is 11.5 Å². The van der Waals surface area contributed by atoms with Gasteiger partial charge in [0, 0.05) is 0 Å². The van der Waals surface area contributed by atoms with E-state index < -0.39 is 5.54 Å². The SMILES string of the molecule is CCC1(CC)C(=O)OCC(C)(C)N1[OH2+]. The van der Waals surface area contributed by atoms with Crippen LogP contribution >= 0.6 is 0 Å². The van der Waals surface area contributed by atoms with Gasteiger partial charge in [0.25, 0.3) is 0 Å². The summed E-state index contributed by atoms with van der Waals surface area (Å²) >= 11 is 0.